The van der Waals surface area contributed by atoms with Gasteiger partial charge in [-0.1, -0.05) is 51.5 Å². The van der Waals surface area contributed by atoms with Gasteiger partial charge < -0.3 is 24.8 Å². The number of nitrogens with zero attached hydrogens (tertiary/aromatic N) is 1. The number of hydrogen-bond donors (Lipinski definition) is 2. The lowest BCUT2D eigenvalue weighted by Crippen LogP contribution is -2.51. The van der Waals surface area contributed by atoms with Crippen LogP contribution in [0.15, 0.2) is 24.3 Å². The topological polar surface area (TPSA) is 88.1 Å². The van der Waals surface area contributed by atoms with Crippen molar-refractivity contribution in [2.75, 3.05) is 20.8 Å². The summed E-state index contributed by atoms with van der Waals surface area (Å²) in [5.74, 6) is 0.0209. The molecule has 2 rings (SSSR count). The molecule has 0 unspecified atom stereocenters. The van der Waals surface area contributed by atoms with E-state index in [1.807, 2.05) is 37.0 Å². The number of likely N-dealkylation sites (tertiary alicyclic amines) is 1. The zero-order valence-corrected chi connectivity index (χ0v) is 22.0. The Hall–Kier alpha value is -1.70. The lowest BCUT2D eigenvalue weighted by Gasteiger charge is -2.35. The first-order valence-corrected chi connectivity index (χ1v) is 12.9. The summed E-state index contributed by atoms with van der Waals surface area (Å²) in [6.45, 7) is 8.77. The Balaban J connectivity index is 1.98. The average Bonchev–Trinajstić information content (AvgIpc) is 3.28. The van der Waals surface area contributed by atoms with E-state index < -0.39 is 17.6 Å². The molecule has 7 atom stereocenters. The number of aliphatic hydroxyl groups is 1. The molecule has 2 aliphatic rings. The largest absolute Gasteiger partial charge is 0.385 e. The van der Waals surface area contributed by atoms with Crippen molar-refractivity contribution in [1.82, 2.24) is 10.2 Å². The van der Waals surface area contributed by atoms with E-state index in [1.54, 1.807) is 20.3 Å². The Morgan fingerprint density at radius 3 is 2.53 bits per heavy atom. The van der Waals surface area contributed by atoms with E-state index in [0.717, 1.165) is 25.7 Å². The maximum absolute atomic E-state index is 13.2. The van der Waals surface area contributed by atoms with Crippen LogP contribution in [0.2, 0.25) is 0 Å². The summed E-state index contributed by atoms with van der Waals surface area (Å²) in [5, 5.41) is 13.8. The van der Waals surface area contributed by atoms with Crippen molar-refractivity contribution >= 4 is 11.8 Å². The highest BCUT2D eigenvalue weighted by Gasteiger charge is 2.40. The molecule has 0 spiro atoms. The molecule has 2 N–H and O–H groups in total. The zero-order chi connectivity index (χ0) is 25.3. The molecular weight excluding hydrogens is 432 g/mol. The fourth-order valence-electron chi connectivity index (χ4n) is 5.24. The number of methoxy groups -OCH3 is 2. The third kappa shape index (κ3) is 7.92. The maximum Gasteiger partial charge on any atom is 0.225 e. The van der Waals surface area contributed by atoms with Crippen LogP contribution in [0.1, 0.15) is 72.6 Å². The van der Waals surface area contributed by atoms with Gasteiger partial charge in [0.1, 0.15) is 0 Å². The van der Waals surface area contributed by atoms with E-state index in [9.17, 15) is 14.7 Å². The number of amides is 2. The molecule has 1 aliphatic heterocycles. The van der Waals surface area contributed by atoms with Crippen LogP contribution < -0.4 is 5.32 Å². The van der Waals surface area contributed by atoms with Gasteiger partial charge in [-0.25, -0.2) is 0 Å². The van der Waals surface area contributed by atoms with Gasteiger partial charge in [-0.05, 0) is 44.9 Å². The molecule has 0 radical (unpaired) electrons. The van der Waals surface area contributed by atoms with Crippen LogP contribution in [0.25, 0.3) is 0 Å². The van der Waals surface area contributed by atoms with Gasteiger partial charge in [-0.2, -0.15) is 0 Å². The van der Waals surface area contributed by atoms with Gasteiger partial charge in [0.05, 0.1) is 36.2 Å². The highest BCUT2D eigenvalue weighted by Crippen LogP contribution is 2.29. The Morgan fingerprint density at radius 1 is 1.21 bits per heavy atom. The van der Waals surface area contributed by atoms with Crippen molar-refractivity contribution in [1.29, 1.82) is 0 Å². The number of allylic oxidation sites excluding steroid dienone is 2. The minimum atomic E-state index is -0.937. The predicted molar refractivity (Wildman–Crippen MR) is 134 cm³/mol. The third-order valence-electron chi connectivity index (χ3n) is 7.45. The summed E-state index contributed by atoms with van der Waals surface area (Å²) in [5.41, 5.74) is -0.937. The lowest BCUT2D eigenvalue weighted by molar-refractivity contribution is -0.142. The van der Waals surface area contributed by atoms with Gasteiger partial charge in [-0.3, -0.25) is 9.59 Å². The fourth-order valence-corrected chi connectivity index (χ4v) is 5.24. The second-order valence-electron chi connectivity index (χ2n) is 10.3. The second-order valence-corrected chi connectivity index (χ2v) is 10.3. The van der Waals surface area contributed by atoms with Gasteiger partial charge in [0.25, 0.3) is 0 Å². The van der Waals surface area contributed by atoms with Gasteiger partial charge in [0.2, 0.25) is 11.8 Å². The summed E-state index contributed by atoms with van der Waals surface area (Å²) >= 11 is 0. The van der Waals surface area contributed by atoms with Crippen molar-refractivity contribution in [2.24, 2.45) is 11.8 Å². The molecule has 194 valence electrons. The van der Waals surface area contributed by atoms with Gasteiger partial charge in [0, 0.05) is 26.8 Å². The van der Waals surface area contributed by atoms with Gasteiger partial charge in [0.15, 0.2) is 0 Å². The first-order valence-electron chi connectivity index (χ1n) is 12.9. The summed E-state index contributed by atoms with van der Waals surface area (Å²) in [6.07, 6.45) is 11.9. The minimum absolute atomic E-state index is 0.0695. The Labute approximate surface area is 205 Å². The molecule has 1 saturated heterocycles. The van der Waals surface area contributed by atoms with Crippen LogP contribution in [0, 0.1) is 11.8 Å². The molecule has 0 aromatic heterocycles. The number of carbonyl (C=O) groups is 2. The maximum atomic E-state index is 13.2. The highest BCUT2D eigenvalue weighted by molar-refractivity contribution is 5.80. The van der Waals surface area contributed by atoms with Crippen molar-refractivity contribution in [2.45, 2.75) is 103 Å². The van der Waals surface area contributed by atoms with E-state index in [1.165, 1.54) is 0 Å². The summed E-state index contributed by atoms with van der Waals surface area (Å²) in [7, 11) is 3.28. The number of ether oxygens (including phenoxy) is 2. The normalized spacial score (nSPS) is 26.7. The van der Waals surface area contributed by atoms with Gasteiger partial charge in [-0.15, -0.1) is 0 Å². The quantitative estimate of drug-likeness (QED) is 0.422. The molecule has 2 amide bonds. The fraction of sp³-hybridized carbons (Fsp3) is 0.778. The number of hydrogen-bond acceptors (Lipinski definition) is 5. The predicted octanol–water partition coefficient (Wildman–Crippen LogP) is 3.61. The third-order valence-corrected chi connectivity index (χ3v) is 7.45. The van der Waals surface area contributed by atoms with E-state index in [4.69, 9.17) is 9.47 Å². The molecule has 0 saturated carbocycles. The summed E-state index contributed by atoms with van der Waals surface area (Å²) in [4.78, 5) is 28.2. The van der Waals surface area contributed by atoms with E-state index >= 15 is 0 Å². The Bertz CT molecular complexity index is 724. The van der Waals surface area contributed by atoms with E-state index in [2.05, 4.69) is 19.2 Å². The minimum Gasteiger partial charge on any atom is -0.385 e. The van der Waals surface area contributed by atoms with Crippen molar-refractivity contribution in [3.8, 4) is 0 Å². The molecule has 1 aliphatic carbocycles. The molecule has 34 heavy (non-hydrogen) atoms. The molecule has 7 nitrogen and oxygen atoms in total. The molecule has 1 fully saturated rings. The van der Waals surface area contributed by atoms with Crippen LogP contribution in [0.5, 0.6) is 0 Å². The smallest absolute Gasteiger partial charge is 0.225 e. The molecule has 0 bridgehead atoms. The van der Waals surface area contributed by atoms with Crippen LogP contribution >= 0.6 is 0 Å². The first kappa shape index (κ1) is 28.5. The van der Waals surface area contributed by atoms with Crippen molar-refractivity contribution in [3.05, 3.63) is 24.3 Å². The number of rotatable bonds is 13. The van der Waals surface area contributed by atoms with Crippen LogP contribution in [-0.2, 0) is 19.1 Å². The monoisotopic (exact) mass is 478 g/mol. The standard InChI is InChI=1S/C27H46N2O5/c1-7-19(2)16-22(33-5)17-24(30)29-15-11-12-23(29)25(34-6)21(4)26(31)28-20(3)18-27(32)13-9-8-10-14-27/h8-10,13,19-23,25,32H,7,11-12,14-18H2,1-6H3,(H,28,31)/t19-,20+,21+,22-,23-,25+,27-/m0/s1. The van der Waals surface area contributed by atoms with E-state index in [0.29, 0.717) is 31.7 Å². The van der Waals surface area contributed by atoms with Gasteiger partial charge >= 0.3 is 0 Å². The van der Waals surface area contributed by atoms with Crippen LogP contribution in [0.4, 0.5) is 0 Å². The summed E-state index contributed by atoms with van der Waals surface area (Å²) < 4.78 is 11.4. The molecule has 0 aromatic rings. The number of nitrogens with one attached hydrogen (secondary N) is 1. The summed E-state index contributed by atoms with van der Waals surface area (Å²) in [6, 6.07) is -0.330. The molecule has 7 heteroatoms. The highest BCUT2D eigenvalue weighted by atomic mass is 16.5. The van der Waals surface area contributed by atoms with E-state index in [-0.39, 0.29) is 30.0 Å². The van der Waals surface area contributed by atoms with Crippen LogP contribution in [-0.4, -0.2) is 72.5 Å². The van der Waals surface area contributed by atoms with Crippen LogP contribution in [0.3, 0.4) is 0 Å². The SMILES string of the molecule is CC[C@H](C)C[C@@H](CC(=O)N1CCC[C@H]1[C@H](OC)[C@@H](C)C(=O)N[C@H](C)C[C@]1(O)C=CC=CC1)OC. The second kappa shape index (κ2) is 13.4. The molecule has 1 heterocycles. The van der Waals surface area contributed by atoms with Crippen molar-refractivity contribution in [3.63, 3.8) is 0 Å². The average molecular weight is 479 g/mol. The zero-order valence-electron chi connectivity index (χ0n) is 22.0. The molecule has 0 aromatic carbocycles. The Morgan fingerprint density at radius 2 is 1.94 bits per heavy atom. The lowest BCUT2D eigenvalue weighted by atomic mass is 9.88. The first-order chi connectivity index (χ1) is 16.1. The Kier molecular flexibility index (Phi) is 11.3. The number of carbonyl (C=O) groups excluding carboxylic acids is 2. The van der Waals surface area contributed by atoms with Crippen molar-refractivity contribution < 1.29 is 24.2 Å². The molecular formula is C27H46N2O5.